The highest BCUT2D eigenvalue weighted by Crippen LogP contribution is 2.18. The van der Waals surface area contributed by atoms with Crippen molar-refractivity contribution in [3.05, 3.63) is 0 Å². The molecule has 1 atom stereocenters. The van der Waals surface area contributed by atoms with Gasteiger partial charge in [-0.1, -0.05) is 13.8 Å². The summed E-state index contributed by atoms with van der Waals surface area (Å²) in [7, 11) is -1.01. The zero-order chi connectivity index (χ0) is 13.7. The smallest absolute Gasteiger partial charge is 0.155 e. The Morgan fingerprint density at radius 3 is 2.06 bits per heavy atom. The second-order valence-electron chi connectivity index (χ2n) is 6.19. The zero-order valence-corrected chi connectivity index (χ0v) is 13.0. The highest BCUT2D eigenvalue weighted by atomic mass is 32.2. The lowest BCUT2D eigenvalue weighted by molar-refractivity contribution is 0.418. The number of sulfone groups is 1. The Hall–Kier alpha value is -0.0900. The average Bonchev–Trinajstić information content (AvgIpc) is 2.13. The topological polar surface area (TPSA) is 46.2 Å². The predicted molar refractivity (Wildman–Crippen MR) is 75.1 cm³/mol. The molecule has 0 aliphatic rings. The van der Waals surface area contributed by atoms with Gasteiger partial charge < -0.3 is 5.32 Å². The SMILES string of the molecule is CNC(CCCS(=O)(=O)C(C)(C)C)CC(C)C. The van der Waals surface area contributed by atoms with Crippen molar-refractivity contribution in [3.63, 3.8) is 0 Å². The minimum absolute atomic E-state index is 0.298. The maximum atomic E-state index is 11.9. The summed E-state index contributed by atoms with van der Waals surface area (Å²) < 4.78 is 23.2. The normalized spacial score (nSPS) is 15.2. The molecule has 1 unspecified atom stereocenters. The van der Waals surface area contributed by atoms with Gasteiger partial charge in [0.1, 0.15) is 0 Å². The van der Waals surface area contributed by atoms with E-state index in [2.05, 4.69) is 19.2 Å². The van der Waals surface area contributed by atoms with E-state index in [1.54, 1.807) is 20.8 Å². The van der Waals surface area contributed by atoms with Crippen LogP contribution in [-0.4, -0.2) is 32.0 Å². The molecule has 0 aromatic carbocycles. The molecule has 1 N–H and O–H groups in total. The van der Waals surface area contributed by atoms with E-state index in [0.29, 0.717) is 17.7 Å². The molecule has 0 spiro atoms. The minimum Gasteiger partial charge on any atom is -0.317 e. The van der Waals surface area contributed by atoms with Gasteiger partial charge in [0.05, 0.1) is 10.5 Å². The molecular weight excluding hydrogens is 234 g/mol. The maximum Gasteiger partial charge on any atom is 0.155 e. The summed E-state index contributed by atoms with van der Waals surface area (Å²) in [5, 5.41) is 3.26. The molecule has 104 valence electrons. The molecule has 0 aliphatic carbocycles. The molecule has 0 saturated heterocycles. The van der Waals surface area contributed by atoms with Gasteiger partial charge >= 0.3 is 0 Å². The van der Waals surface area contributed by atoms with E-state index in [-0.39, 0.29) is 0 Å². The highest BCUT2D eigenvalue weighted by Gasteiger charge is 2.28. The van der Waals surface area contributed by atoms with Crippen molar-refractivity contribution in [1.29, 1.82) is 0 Å². The Labute approximate surface area is 107 Å². The predicted octanol–water partition coefficient (Wildman–Crippen LogP) is 2.61. The van der Waals surface area contributed by atoms with E-state index < -0.39 is 14.6 Å². The first-order valence-electron chi connectivity index (χ1n) is 6.49. The molecule has 0 fully saturated rings. The van der Waals surface area contributed by atoms with Gasteiger partial charge in [-0.15, -0.1) is 0 Å². The highest BCUT2D eigenvalue weighted by molar-refractivity contribution is 7.92. The molecule has 17 heavy (non-hydrogen) atoms. The molecule has 0 amide bonds. The van der Waals surface area contributed by atoms with Crippen LogP contribution >= 0.6 is 0 Å². The van der Waals surface area contributed by atoms with Gasteiger partial charge in [0.2, 0.25) is 0 Å². The van der Waals surface area contributed by atoms with E-state index in [1.807, 2.05) is 7.05 Å². The molecular formula is C13H29NO2S. The standard InChI is InChI=1S/C13H29NO2S/c1-11(2)10-12(14-6)8-7-9-17(15,16)13(3,4)5/h11-12,14H,7-10H2,1-6H3. The lowest BCUT2D eigenvalue weighted by Crippen LogP contribution is -2.32. The number of hydrogen-bond donors (Lipinski definition) is 1. The zero-order valence-electron chi connectivity index (χ0n) is 12.2. The first kappa shape index (κ1) is 16.9. The Morgan fingerprint density at radius 1 is 1.18 bits per heavy atom. The minimum atomic E-state index is -2.96. The maximum absolute atomic E-state index is 11.9. The third-order valence-electron chi connectivity index (χ3n) is 3.06. The molecule has 4 heteroatoms. The quantitative estimate of drug-likeness (QED) is 0.768. The lowest BCUT2D eigenvalue weighted by Gasteiger charge is -2.21. The van der Waals surface area contributed by atoms with E-state index in [1.165, 1.54) is 0 Å². The van der Waals surface area contributed by atoms with Crippen LogP contribution in [0.25, 0.3) is 0 Å². The van der Waals surface area contributed by atoms with E-state index in [4.69, 9.17) is 0 Å². The van der Waals surface area contributed by atoms with Crippen LogP contribution in [0.1, 0.15) is 53.9 Å². The third kappa shape index (κ3) is 6.41. The third-order valence-corrected chi connectivity index (χ3v) is 5.75. The van der Waals surface area contributed by atoms with E-state index in [0.717, 1.165) is 19.3 Å². The van der Waals surface area contributed by atoms with Gasteiger partial charge in [-0.05, 0) is 53.0 Å². The van der Waals surface area contributed by atoms with Gasteiger partial charge in [0, 0.05) is 6.04 Å². The monoisotopic (exact) mass is 263 g/mol. The second-order valence-corrected chi connectivity index (χ2v) is 9.05. The molecule has 0 aromatic rings. The molecule has 0 radical (unpaired) electrons. The largest absolute Gasteiger partial charge is 0.317 e. The van der Waals surface area contributed by atoms with Crippen molar-refractivity contribution in [2.45, 2.75) is 64.7 Å². The fraction of sp³-hybridized carbons (Fsp3) is 1.00. The van der Waals surface area contributed by atoms with Gasteiger partial charge in [-0.3, -0.25) is 0 Å². The second kappa shape index (κ2) is 6.74. The van der Waals surface area contributed by atoms with Crippen molar-refractivity contribution < 1.29 is 8.42 Å². The van der Waals surface area contributed by atoms with Crippen molar-refractivity contribution in [2.24, 2.45) is 5.92 Å². The van der Waals surface area contributed by atoms with Crippen molar-refractivity contribution in [3.8, 4) is 0 Å². The van der Waals surface area contributed by atoms with Crippen LogP contribution in [0.4, 0.5) is 0 Å². The number of nitrogens with one attached hydrogen (secondary N) is 1. The molecule has 0 saturated carbocycles. The summed E-state index contributed by atoms with van der Waals surface area (Å²) in [4.78, 5) is 0. The Morgan fingerprint density at radius 2 is 1.71 bits per heavy atom. The van der Waals surface area contributed by atoms with Crippen LogP contribution in [-0.2, 0) is 9.84 Å². The number of hydrogen-bond acceptors (Lipinski definition) is 3. The fourth-order valence-corrected chi connectivity index (χ4v) is 2.93. The van der Waals surface area contributed by atoms with E-state index in [9.17, 15) is 8.42 Å². The van der Waals surface area contributed by atoms with E-state index >= 15 is 0 Å². The summed E-state index contributed by atoms with van der Waals surface area (Å²) in [5.41, 5.74) is 0. The van der Waals surface area contributed by atoms with Crippen LogP contribution in [0.3, 0.4) is 0 Å². The van der Waals surface area contributed by atoms with Crippen LogP contribution in [0.15, 0.2) is 0 Å². The first-order chi connectivity index (χ1) is 7.60. The van der Waals surface area contributed by atoms with Crippen LogP contribution in [0.5, 0.6) is 0 Å². The molecule has 0 aliphatic heterocycles. The molecule has 3 nitrogen and oxygen atoms in total. The Kier molecular flexibility index (Phi) is 6.70. The summed E-state index contributed by atoms with van der Waals surface area (Å²) in [6.45, 7) is 9.69. The van der Waals surface area contributed by atoms with Gasteiger partial charge in [0.15, 0.2) is 9.84 Å². The Balaban J connectivity index is 4.14. The summed E-state index contributed by atoms with van der Waals surface area (Å²) in [5.74, 6) is 0.943. The lowest BCUT2D eigenvalue weighted by atomic mass is 10.0. The molecule has 0 aromatic heterocycles. The van der Waals surface area contributed by atoms with Crippen LogP contribution < -0.4 is 5.32 Å². The van der Waals surface area contributed by atoms with Crippen molar-refractivity contribution in [2.75, 3.05) is 12.8 Å². The fourth-order valence-electron chi connectivity index (χ4n) is 1.78. The molecule has 0 heterocycles. The first-order valence-corrected chi connectivity index (χ1v) is 8.15. The molecule has 0 bridgehead atoms. The molecule has 0 rings (SSSR count). The average molecular weight is 263 g/mol. The van der Waals surface area contributed by atoms with Gasteiger partial charge in [0.25, 0.3) is 0 Å². The summed E-state index contributed by atoms with van der Waals surface area (Å²) >= 11 is 0. The van der Waals surface area contributed by atoms with Crippen molar-refractivity contribution in [1.82, 2.24) is 5.32 Å². The summed E-state index contributed by atoms with van der Waals surface area (Å²) in [6, 6.07) is 0.435. The van der Waals surface area contributed by atoms with Crippen LogP contribution in [0.2, 0.25) is 0 Å². The van der Waals surface area contributed by atoms with Crippen molar-refractivity contribution >= 4 is 9.84 Å². The number of rotatable bonds is 7. The van der Waals surface area contributed by atoms with Gasteiger partial charge in [-0.25, -0.2) is 8.42 Å². The van der Waals surface area contributed by atoms with Crippen LogP contribution in [0, 0.1) is 5.92 Å². The Bertz CT molecular complexity index is 302. The summed E-state index contributed by atoms with van der Waals surface area (Å²) in [6.07, 6.45) is 2.79. The van der Waals surface area contributed by atoms with Gasteiger partial charge in [-0.2, -0.15) is 0 Å².